The molecule has 88 valence electrons. The van der Waals surface area contributed by atoms with Crippen LogP contribution in [0.15, 0.2) is 30.3 Å². The van der Waals surface area contributed by atoms with Crippen molar-refractivity contribution in [1.82, 2.24) is 4.90 Å². The maximum absolute atomic E-state index is 9.73. The van der Waals surface area contributed by atoms with Crippen LogP contribution < -0.4 is 0 Å². The lowest BCUT2D eigenvalue weighted by Crippen LogP contribution is -2.40. The van der Waals surface area contributed by atoms with E-state index >= 15 is 0 Å². The minimum absolute atomic E-state index is 0.133. The average molecular weight is 219 g/mol. The zero-order valence-corrected chi connectivity index (χ0v) is 9.97. The van der Waals surface area contributed by atoms with E-state index in [0.717, 1.165) is 32.4 Å². The Kier molecular flexibility index (Phi) is 3.97. The minimum Gasteiger partial charge on any atom is -0.392 e. The number of nitrogens with zero attached hydrogens (tertiary/aromatic N) is 1. The Balaban J connectivity index is 2.10. The fourth-order valence-electron chi connectivity index (χ4n) is 2.65. The first-order valence-corrected chi connectivity index (χ1v) is 6.28. The number of hydrogen-bond donors (Lipinski definition) is 1. The van der Waals surface area contributed by atoms with Gasteiger partial charge in [0.1, 0.15) is 0 Å². The zero-order valence-electron chi connectivity index (χ0n) is 9.97. The van der Waals surface area contributed by atoms with Crippen LogP contribution >= 0.6 is 0 Å². The molecule has 1 aliphatic rings. The van der Waals surface area contributed by atoms with Crippen molar-refractivity contribution in [1.29, 1.82) is 0 Å². The normalized spacial score (nSPS) is 24.2. The summed E-state index contributed by atoms with van der Waals surface area (Å²) in [6.07, 6.45) is 3.05. The Hall–Kier alpha value is -0.860. The summed E-state index contributed by atoms with van der Waals surface area (Å²) in [5.41, 5.74) is 1.37. The number of aliphatic hydroxyl groups is 1. The summed E-state index contributed by atoms with van der Waals surface area (Å²) in [6, 6.07) is 11.1. The van der Waals surface area contributed by atoms with Crippen LogP contribution in [0.25, 0.3) is 0 Å². The van der Waals surface area contributed by atoms with Gasteiger partial charge >= 0.3 is 0 Å². The molecule has 1 saturated heterocycles. The molecule has 2 atom stereocenters. The largest absolute Gasteiger partial charge is 0.392 e. The molecule has 16 heavy (non-hydrogen) atoms. The van der Waals surface area contributed by atoms with E-state index in [2.05, 4.69) is 42.2 Å². The molecule has 0 saturated carbocycles. The molecule has 1 N–H and O–H groups in total. The van der Waals surface area contributed by atoms with Crippen LogP contribution in [0.3, 0.4) is 0 Å². The van der Waals surface area contributed by atoms with Gasteiger partial charge in [-0.3, -0.25) is 4.90 Å². The number of hydrogen-bond acceptors (Lipinski definition) is 2. The predicted octanol–water partition coefficient (Wildman–Crippen LogP) is 2.59. The predicted molar refractivity (Wildman–Crippen MR) is 66.3 cm³/mol. The van der Waals surface area contributed by atoms with E-state index in [1.807, 2.05) is 0 Å². The van der Waals surface area contributed by atoms with Crippen molar-refractivity contribution in [3.63, 3.8) is 0 Å². The van der Waals surface area contributed by atoms with Crippen LogP contribution in [0, 0.1) is 0 Å². The molecule has 2 heteroatoms. The Labute approximate surface area is 97.9 Å². The third-order valence-electron chi connectivity index (χ3n) is 3.44. The van der Waals surface area contributed by atoms with Crippen LogP contribution in [0.1, 0.15) is 37.8 Å². The maximum atomic E-state index is 9.73. The second kappa shape index (κ2) is 5.46. The molecule has 0 amide bonds. The van der Waals surface area contributed by atoms with Crippen molar-refractivity contribution >= 4 is 0 Å². The monoisotopic (exact) mass is 219 g/mol. The van der Waals surface area contributed by atoms with Crippen LogP contribution in [0.4, 0.5) is 0 Å². The Bertz CT molecular complexity index is 312. The number of rotatable bonds is 3. The summed E-state index contributed by atoms with van der Waals surface area (Å²) >= 11 is 0. The number of piperidine rings is 1. The quantitative estimate of drug-likeness (QED) is 0.844. The molecule has 0 radical (unpaired) electrons. The lowest BCUT2D eigenvalue weighted by Gasteiger charge is -2.36. The topological polar surface area (TPSA) is 23.5 Å². The van der Waals surface area contributed by atoms with Crippen molar-refractivity contribution in [2.45, 2.75) is 38.3 Å². The average Bonchev–Trinajstić information content (AvgIpc) is 2.31. The molecule has 1 fully saturated rings. The fraction of sp³-hybridized carbons (Fsp3) is 0.571. The number of benzene rings is 1. The van der Waals surface area contributed by atoms with Gasteiger partial charge in [-0.1, -0.05) is 37.3 Å². The molecule has 2 rings (SSSR count). The minimum atomic E-state index is -0.133. The van der Waals surface area contributed by atoms with Gasteiger partial charge in [0.25, 0.3) is 0 Å². The molecule has 1 aliphatic heterocycles. The summed E-state index contributed by atoms with van der Waals surface area (Å²) < 4.78 is 0. The summed E-state index contributed by atoms with van der Waals surface area (Å²) in [6.45, 7) is 4.16. The molecule has 1 aromatic rings. The zero-order chi connectivity index (χ0) is 11.4. The smallest absolute Gasteiger partial charge is 0.0667 e. The molecule has 0 aromatic heterocycles. The van der Waals surface area contributed by atoms with Crippen LogP contribution in [-0.2, 0) is 0 Å². The SMILES string of the molecule is CCC(c1ccccc1)N1CCCC(O)C1. The molecular formula is C14H21NO. The summed E-state index contributed by atoms with van der Waals surface area (Å²) in [4.78, 5) is 2.42. The fourth-order valence-corrected chi connectivity index (χ4v) is 2.65. The van der Waals surface area contributed by atoms with E-state index in [9.17, 15) is 5.11 Å². The van der Waals surface area contributed by atoms with Gasteiger partial charge in [0, 0.05) is 12.6 Å². The van der Waals surface area contributed by atoms with Gasteiger partial charge in [0.15, 0.2) is 0 Å². The highest BCUT2D eigenvalue weighted by Crippen LogP contribution is 2.27. The first-order chi connectivity index (χ1) is 7.81. The third-order valence-corrected chi connectivity index (χ3v) is 3.44. The van der Waals surface area contributed by atoms with E-state index < -0.39 is 0 Å². The van der Waals surface area contributed by atoms with Crippen molar-refractivity contribution in [2.24, 2.45) is 0 Å². The van der Waals surface area contributed by atoms with Gasteiger partial charge in [-0.15, -0.1) is 0 Å². The second-order valence-electron chi connectivity index (χ2n) is 4.63. The molecule has 0 bridgehead atoms. The van der Waals surface area contributed by atoms with Gasteiger partial charge in [-0.25, -0.2) is 0 Å². The molecule has 2 unspecified atom stereocenters. The van der Waals surface area contributed by atoms with Gasteiger partial charge in [0.05, 0.1) is 6.10 Å². The van der Waals surface area contributed by atoms with Gasteiger partial charge < -0.3 is 5.11 Å². The summed E-state index contributed by atoms with van der Waals surface area (Å²) in [5, 5.41) is 9.73. The number of likely N-dealkylation sites (tertiary alicyclic amines) is 1. The van der Waals surface area contributed by atoms with E-state index in [1.165, 1.54) is 5.56 Å². The van der Waals surface area contributed by atoms with Crippen molar-refractivity contribution in [2.75, 3.05) is 13.1 Å². The first kappa shape index (κ1) is 11.6. The first-order valence-electron chi connectivity index (χ1n) is 6.28. The van der Waals surface area contributed by atoms with E-state index in [-0.39, 0.29) is 6.10 Å². The lowest BCUT2D eigenvalue weighted by atomic mass is 9.99. The van der Waals surface area contributed by atoms with Gasteiger partial charge in [0.2, 0.25) is 0 Å². The Morgan fingerprint density at radius 1 is 1.38 bits per heavy atom. The second-order valence-corrected chi connectivity index (χ2v) is 4.63. The Morgan fingerprint density at radius 3 is 2.75 bits per heavy atom. The van der Waals surface area contributed by atoms with Crippen molar-refractivity contribution in [3.8, 4) is 0 Å². The van der Waals surface area contributed by atoms with Crippen LogP contribution in [-0.4, -0.2) is 29.2 Å². The van der Waals surface area contributed by atoms with E-state index in [1.54, 1.807) is 0 Å². The molecule has 0 spiro atoms. The van der Waals surface area contributed by atoms with Gasteiger partial charge in [-0.05, 0) is 31.4 Å². The summed E-state index contributed by atoms with van der Waals surface area (Å²) in [5.74, 6) is 0. The lowest BCUT2D eigenvalue weighted by molar-refractivity contribution is 0.0449. The molecule has 1 aromatic carbocycles. The number of β-amino-alcohol motifs (C(OH)–C–C–N with tert-alkyl or cyclic N) is 1. The highest BCUT2D eigenvalue weighted by Gasteiger charge is 2.24. The highest BCUT2D eigenvalue weighted by molar-refractivity contribution is 5.19. The number of aliphatic hydroxyl groups excluding tert-OH is 1. The molecular weight excluding hydrogens is 198 g/mol. The van der Waals surface area contributed by atoms with Gasteiger partial charge in [-0.2, -0.15) is 0 Å². The van der Waals surface area contributed by atoms with Crippen molar-refractivity contribution < 1.29 is 5.11 Å². The highest BCUT2D eigenvalue weighted by atomic mass is 16.3. The standard InChI is InChI=1S/C14H21NO/c1-2-14(12-7-4-3-5-8-12)15-10-6-9-13(16)11-15/h3-5,7-8,13-14,16H,2,6,9-11H2,1H3. The van der Waals surface area contributed by atoms with Crippen LogP contribution in [0.2, 0.25) is 0 Å². The van der Waals surface area contributed by atoms with E-state index in [4.69, 9.17) is 0 Å². The molecule has 1 heterocycles. The van der Waals surface area contributed by atoms with Crippen molar-refractivity contribution in [3.05, 3.63) is 35.9 Å². The van der Waals surface area contributed by atoms with E-state index in [0.29, 0.717) is 6.04 Å². The third kappa shape index (κ3) is 2.63. The van der Waals surface area contributed by atoms with Crippen LogP contribution in [0.5, 0.6) is 0 Å². The Morgan fingerprint density at radius 2 is 2.12 bits per heavy atom. The molecule has 2 nitrogen and oxygen atoms in total. The maximum Gasteiger partial charge on any atom is 0.0667 e. The molecule has 0 aliphatic carbocycles. The summed E-state index contributed by atoms with van der Waals surface area (Å²) in [7, 11) is 0.